The van der Waals surface area contributed by atoms with Crippen molar-refractivity contribution in [2.24, 2.45) is 0 Å². The molecule has 0 atom stereocenters. The average molecular weight is 375 g/mol. The summed E-state index contributed by atoms with van der Waals surface area (Å²) in [5.41, 5.74) is 1.74. The van der Waals surface area contributed by atoms with Gasteiger partial charge < -0.3 is 14.5 Å². The van der Waals surface area contributed by atoms with E-state index in [0.29, 0.717) is 28.4 Å². The lowest BCUT2D eigenvalue weighted by Gasteiger charge is -2.12. The van der Waals surface area contributed by atoms with E-state index in [0.717, 1.165) is 0 Å². The number of aryl methyl sites for hydroxylation is 1. The van der Waals surface area contributed by atoms with E-state index >= 15 is 0 Å². The monoisotopic (exact) mass is 375 g/mol. The van der Waals surface area contributed by atoms with E-state index in [1.165, 1.54) is 32.2 Å². The van der Waals surface area contributed by atoms with Gasteiger partial charge in [-0.3, -0.25) is 9.52 Å². The maximum Gasteiger partial charge on any atom is 0.261 e. The summed E-state index contributed by atoms with van der Waals surface area (Å²) in [5.74, 6) is 0.520. The summed E-state index contributed by atoms with van der Waals surface area (Å²) < 4.78 is 38.3. The molecule has 0 aliphatic heterocycles. The molecule has 3 rings (SSSR count). The number of nitrogens with one attached hydrogen (secondary N) is 2. The molecule has 0 aliphatic rings. The number of anilines is 2. The largest absolute Gasteiger partial charge is 0.495 e. The van der Waals surface area contributed by atoms with Crippen LogP contribution in [0.4, 0.5) is 11.4 Å². The van der Waals surface area contributed by atoms with Crippen molar-refractivity contribution in [1.82, 2.24) is 4.98 Å². The molecule has 0 spiro atoms. The number of methoxy groups -OCH3 is 1. The molecule has 0 saturated heterocycles. The third kappa shape index (κ3) is 3.62. The van der Waals surface area contributed by atoms with Gasteiger partial charge in [0.1, 0.15) is 11.3 Å². The van der Waals surface area contributed by atoms with Gasteiger partial charge >= 0.3 is 0 Å². The Hall–Kier alpha value is -3.07. The average Bonchev–Trinajstić information content (AvgIpc) is 2.93. The Bertz CT molecular complexity index is 1090. The zero-order chi connectivity index (χ0) is 18.9. The molecule has 1 aromatic heterocycles. The van der Waals surface area contributed by atoms with Crippen LogP contribution in [0.2, 0.25) is 0 Å². The van der Waals surface area contributed by atoms with Crippen molar-refractivity contribution in [2.75, 3.05) is 17.1 Å². The van der Waals surface area contributed by atoms with Gasteiger partial charge in [0.05, 0.1) is 23.4 Å². The van der Waals surface area contributed by atoms with Gasteiger partial charge in [-0.1, -0.05) is 0 Å². The van der Waals surface area contributed by atoms with Crippen LogP contribution in [0.3, 0.4) is 0 Å². The van der Waals surface area contributed by atoms with Crippen LogP contribution in [0.5, 0.6) is 5.75 Å². The van der Waals surface area contributed by atoms with Gasteiger partial charge in [-0.2, -0.15) is 0 Å². The number of oxazole rings is 1. The summed E-state index contributed by atoms with van der Waals surface area (Å²) in [6.07, 6.45) is 0. The number of sulfonamides is 1. The fraction of sp³-hybridized carbons (Fsp3) is 0.176. The van der Waals surface area contributed by atoms with Crippen LogP contribution in [0, 0.1) is 6.92 Å². The zero-order valence-corrected chi connectivity index (χ0v) is 15.2. The van der Waals surface area contributed by atoms with Crippen LogP contribution >= 0.6 is 0 Å². The summed E-state index contributed by atoms with van der Waals surface area (Å²) in [6.45, 7) is 3.04. The number of amides is 1. The lowest BCUT2D eigenvalue weighted by atomic mass is 10.3. The minimum absolute atomic E-state index is 0.0153. The van der Waals surface area contributed by atoms with E-state index < -0.39 is 10.0 Å². The van der Waals surface area contributed by atoms with Gasteiger partial charge in [0.2, 0.25) is 5.91 Å². The normalized spacial score (nSPS) is 11.3. The molecular formula is C17H17N3O5S. The number of nitrogens with zero attached hydrogens (tertiary/aromatic N) is 1. The molecule has 0 bridgehead atoms. The first-order valence-electron chi connectivity index (χ1n) is 7.64. The number of hydrogen-bond donors (Lipinski definition) is 2. The second-order valence-electron chi connectivity index (χ2n) is 5.56. The summed E-state index contributed by atoms with van der Waals surface area (Å²) in [4.78, 5) is 15.5. The molecule has 26 heavy (non-hydrogen) atoms. The van der Waals surface area contributed by atoms with Crippen molar-refractivity contribution >= 4 is 38.4 Å². The number of rotatable bonds is 5. The van der Waals surface area contributed by atoms with E-state index in [1.807, 2.05) is 0 Å². The summed E-state index contributed by atoms with van der Waals surface area (Å²) in [5, 5.41) is 2.55. The van der Waals surface area contributed by atoms with Gasteiger partial charge in [-0.05, 0) is 36.4 Å². The molecule has 136 valence electrons. The van der Waals surface area contributed by atoms with Crippen LogP contribution in [0.25, 0.3) is 11.1 Å². The van der Waals surface area contributed by atoms with Gasteiger partial charge in [0.25, 0.3) is 10.0 Å². The molecule has 2 aromatic carbocycles. The molecule has 2 N–H and O–H groups in total. The molecule has 3 aromatic rings. The second kappa shape index (κ2) is 6.68. The minimum atomic E-state index is -3.87. The molecule has 0 saturated carbocycles. The third-order valence-corrected chi connectivity index (χ3v) is 4.92. The van der Waals surface area contributed by atoms with Crippen molar-refractivity contribution in [1.29, 1.82) is 0 Å². The van der Waals surface area contributed by atoms with Crippen LogP contribution in [0.15, 0.2) is 45.7 Å². The van der Waals surface area contributed by atoms with E-state index in [2.05, 4.69) is 15.0 Å². The molecule has 0 aliphatic carbocycles. The SMILES string of the molecule is COc1ccc(S(=O)(=O)Nc2ccc3oc(C)nc3c2)cc1NC(C)=O. The molecule has 0 unspecified atom stereocenters. The Morgan fingerprint density at radius 3 is 2.65 bits per heavy atom. The number of ether oxygens (including phenoxy) is 1. The van der Waals surface area contributed by atoms with Crippen LogP contribution in [-0.2, 0) is 14.8 Å². The Morgan fingerprint density at radius 1 is 1.19 bits per heavy atom. The summed E-state index contributed by atoms with van der Waals surface area (Å²) >= 11 is 0. The van der Waals surface area contributed by atoms with Crippen LogP contribution in [-0.4, -0.2) is 26.4 Å². The predicted molar refractivity (Wildman–Crippen MR) is 96.9 cm³/mol. The molecule has 0 radical (unpaired) electrons. The highest BCUT2D eigenvalue weighted by Gasteiger charge is 2.18. The van der Waals surface area contributed by atoms with Crippen LogP contribution in [0.1, 0.15) is 12.8 Å². The van der Waals surface area contributed by atoms with E-state index in [4.69, 9.17) is 9.15 Å². The maximum absolute atomic E-state index is 12.7. The highest BCUT2D eigenvalue weighted by atomic mass is 32.2. The fourth-order valence-electron chi connectivity index (χ4n) is 2.46. The van der Waals surface area contributed by atoms with Crippen molar-refractivity contribution in [3.63, 3.8) is 0 Å². The number of carbonyl (C=O) groups is 1. The standard InChI is InChI=1S/C17H17N3O5S/c1-10(21)18-15-9-13(5-7-16(15)24-3)26(22,23)20-12-4-6-17-14(8-12)19-11(2)25-17/h4-9,20H,1-3H3,(H,18,21). The highest BCUT2D eigenvalue weighted by molar-refractivity contribution is 7.92. The Balaban J connectivity index is 1.94. The lowest BCUT2D eigenvalue weighted by molar-refractivity contribution is -0.114. The third-order valence-electron chi connectivity index (χ3n) is 3.54. The number of aromatic nitrogens is 1. The van der Waals surface area contributed by atoms with Gasteiger partial charge in [0.15, 0.2) is 11.5 Å². The first kappa shape index (κ1) is 17.7. The number of carbonyl (C=O) groups excluding carboxylic acids is 1. The van der Waals surface area contributed by atoms with E-state index in [9.17, 15) is 13.2 Å². The number of benzene rings is 2. The lowest BCUT2D eigenvalue weighted by Crippen LogP contribution is -2.14. The first-order valence-corrected chi connectivity index (χ1v) is 9.12. The van der Waals surface area contributed by atoms with Crippen molar-refractivity contribution < 1.29 is 22.4 Å². The molecule has 9 heteroatoms. The zero-order valence-electron chi connectivity index (χ0n) is 14.4. The number of fused-ring (bicyclic) bond motifs is 1. The Morgan fingerprint density at radius 2 is 1.96 bits per heavy atom. The topological polar surface area (TPSA) is 111 Å². The van der Waals surface area contributed by atoms with Gasteiger partial charge in [0, 0.05) is 13.8 Å². The predicted octanol–water partition coefficient (Wildman–Crippen LogP) is 2.90. The summed E-state index contributed by atoms with van der Waals surface area (Å²) in [7, 11) is -2.44. The minimum Gasteiger partial charge on any atom is -0.495 e. The van der Waals surface area contributed by atoms with E-state index in [1.54, 1.807) is 25.1 Å². The van der Waals surface area contributed by atoms with Crippen LogP contribution < -0.4 is 14.8 Å². The molecule has 1 amide bonds. The molecule has 0 fully saturated rings. The van der Waals surface area contributed by atoms with Gasteiger partial charge in [-0.25, -0.2) is 13.4 Å². The Labute approximate surface area is 150 Å². The van der Waals surface area contributed by atoms with Crippen molar-refractivity contribution in [2.45, 2.75) is 18.7 Å². The second-order valence-corrected chi connectivity index (χ2v) is 7.25. The molecule has 8 nitrogen and oxygen atoms in total. The highest BCUT2D eigenvalue weighted by Crippen LogP contribution is 2.29. The maximum atomic E-state index is 12.7. The summed E-state index contributed by atoms with van der Waals surface area (Å²) in [6, 6.07) is 9.02. The quantitative estimate of drug-likeness (QED) is 0.709. The van der Waals surface area contributed by atoms with Crippen molar-refractivity contribution in [3.8, 4) is 5.75 Å². The number of hydrogen-bond acceptors (Lipinski definition) is 6. The molecule has 1 heterocycles. The van der Waals surface area contributed by atoms with E-state index in [-0.39, 0.29) is 16.5 Å². The Kier molecular flexibility index (Phi) is 4.56. The first-order chi connectivity index (χ1) is 12.3. The molecular weight excluding hydrogens is 358 g/mol. The smallest absolute Gasteiger partial charge is 0.261 e. The van der Waals surface area contributed by atoms with Crippen molar-refractivity contribution in [3.05, 3.63) is 42.3 Å². The fourth-order valence-corrected chi connectivity index (χ4v) is 3.54. The van der Waals surface area contributed by atoms with Gasteiger partial charge in [-0.15, -0.1) is 0 Å².